The lowest BCUT2D eigenvalue weighted by Crippen LogP contribution is -2.20. The molecular formula is C19H25NO. The van der Waals surface area contributed by atoms with Crippen LogP contribution < -0.4 is 5.73 Å². The minimum absolute atomic E-state index is 0.0294. The Morgan fingerprint density at radius 2 is 1.76 bits per heavy atom. The second-order valence-corrected chi connectivity index (χ2v) is 6.25. The van der Waals surface area contributed by atoms with Crippen molar-refractivity contribution >= 4 is 10.8 Å². The van der Waals surface area contributed by atoms with Gasteiger partial charge in [0.2, 0.25) is 0 Å². The normalized spacial score (nSPS) is 18.0. The van der Waals surface area contributed by atoms with Crippen molar-refractivity contribution in [3.8, 4) is 0 Å². The highest BCUT2D eigenvalue weighted by Gasteiger charge is 2.14. The Morgan fingerprint density at radius 1 is 1.00 bits per heavy atom. The van der Waals surface area contributed by atoms with Crippen molar-refractivity contribution in [3.05, 3.63) is 48.0 Å². The van der Waals surface area contributed by atoms with E-state index in [1.165, 1.54) is 42.9 Å². The molecule has 0 radical (unpaired) electrons. The van der Waals surface area contributed by atoms with Gasteiger partial charge in [-0.25, -0.2) is 0 Å². The van der Waals surface area contributed by atoms with Crippen LogP contribution in [0.4, 0.5) is 0 Å². The van der Waals surface area contributed by atoms with Gasteiger partial charge in [0.1, 0.15) is 0 Å². The largest absolute Gasteiger partial charge is 0.379 e. The van der Waals surface area contributed by atoms with Crippen LogP contribution in [0.3, 0.4) is 0 Å². The van der Waals surface area contributed by atoms with Crippen molar-refractivity contribution in [1.29, 1.82) is 0 Å². The molecule has 2 heteroatoms. The summed E-state index contributed by atoms with van der Waals surface area (Å²) in [7, 11) is 0. The van der Waals surface area contributed by atoms with Gasteiger partial charge in [-0.15, -0.1) is 0 Å². The van der Waals surface area contributed by atoms with Crippen LogP contribution in [0.15, 0.2) is 42.5 Å². The van der Waals surface area contributed by atoms with E-state index in [1.807, 2.05) is 0 Å². The maximum absolute atomic E-state index is 6.28. The first-order valence-electron chi connectivity index (χ1n) is 8.15. The first-order chi connectivity index (χ1) is 10.3. The van der Waals surface area contributed by atoms with Gasteiger partial charge < -0.3 is 10.5 Å². The van der Waals surface area contributed by atoms with E-state index in [4.69, 9.17) is 10.5 Å². The van der Waals surface area contributed by atoms with Gasteiger partial charge in [0.15, 0.2) is 0 Å². The molecule has 1 fully saturated rings. The maximum Gasteiger partial charge on any atom is 0.0659 e. The van der Waals surface area contributed by atoms with Crippen LogP contribution in [0.1, 0.15) is 43.7 Å². The lowest BCUT2D eigenvalue weighted by atomic mass is 9.90. The van der Waals surface area contributed by atoms with Crippen molar-refractivity contribution < 1.29 is 4.74 Å². The highest BCUT2D eigenvalue weighted by Crippen LogP contribution is 2.24. The fourth-order valence-corrected chi connectivity index (χ4v) is 3.25. The van der Waals surface area contributed by atoms with E-state index in [0.717, 1.165) is 18.1 Å². The van der Waals surface area contributed by atoms with Gasteiger partial charge >= 0.3 is 0 Å². The zero-order chi connectivity index (χ0) is 14.5. The molecule has 1 saturated carbocycles. The Labute approximate surface area is 127 Å². The molecule has 0 aliphatic heterocycles. The maximum atomic E-state index is 6.28. The Bertz CT molecular complexity index is 575. The molecule has 2 nitrogen and oxygen atoms in total. The minimum atomic E-state index is -0.0294. The molecule has 1 aliphatic carbocycles. The van der Waals surface area contributed by atoms with E-state index in [9.17, 15) is 0 Å². The molecule has 2 aromatic carbocycles. The van der Waals surface area contributed by atoms with Gasteiger partial charge in [-0.3, -0.25) is 0 Å². The average Bonchev–Trinajstić information content (AvgIpc) is 2.55. The number of hydrogen-bond donors (Lipinski definition) is 1. The predicted molar refractivity (Wildman–Crippen MR) is 88.3 cm³/mol. The topological polar surface area (TPSA) is 35.2 Å². The number of ether oxygens (including phenoxy) is 1. The van der Waals surface area contributed by atoms with Crippen LogP contribution in [-0.2, 0) is 4.74 Å². The van der Waals surface area contributed by atoms with E-state index in [-0.39, 0.29) is 6.04 Å². The van der Waals surface area contributed by atoms with Crippen molar-refractivity contribution in [2.24, 2.45) is 11.7 Å². The van der Waals surface area contributed by atoms with Crippen LogP contribution in [0.2, 0.25) is 0 Å². The number of rotatable bonds is 5. The zero-order valence-electron chi connectivity index (χ0n) is 12.6. The summed E-state index contributed by atoms with van der Waals surface area (Å²) >= 11 is 0. The van der Waals surface area contributed by atoms with Crippen LogP contribution >= 0.6 is 0 Å². The van der Waals surface area contributed by atoms with Crippen LogP contribution in [0, 0.1) is 5.92 Å². The van der Waals surface area contributed by atoms with Crippen LogP contribution in [-0.4, -0.2) is 13.2 Å². The smallest absolute Gasteiger partial charge is 0.0659 e. The van der Waals surface area contributed by atoms with Gasteiger partial charge in [0, 0.05) is 6.61 Å². The van der Waals surface area contributed by atoms with Crippen LogP contribution in [0.25, 0.3) is 10.8 Å². The molecule has 0 spiro atoms. The van der Waals surface area contributed by atoms with E-state index in [1.54, 1.807) is 0 Å². The number of hydrogen-bond acceptors (Lipinski definition) is 2. The van der Waals surface area contributed by atoms with Crippen molar-refractivity contribution in [2.75, 3.05) is 13.2 Å². The summed E-state index contributed by atoms with van der Waals surface area (Å²) in [6, 6.07) is 14.8. The molecule has 1 aliphatic rings. The molecule has 3 rings (SSSR count). The van der Waals surface area contributed by atoms with Crippen molar-refractivity contribution in [2.45, 2.75) is 38.1 Å². The molecule has 0 amide bonds. The second-order valence-electron chi connectivity index (χ2n) is 6.25. The molecule has 0 aromatic heterocycles. The summed E-state index contributed by atoms with van der Waals surface area (Å²) in [6.07, 6.45) is 6.78. The van der Waals surface area contributed by atoms with E-state index >= 15 is 0 Å². The van der Waals surface area contributed by atoms with E-state index in [0.29, 0.717) is 6.61 Å². The summed E-state index contributed by atoms with van der Waals surface area (Å²) in [5, 5.41) is 2.51. The average molecular weight is 283 g/mol. The quantitative estimate of drug-likeness (QED) is 0.880. The predicted octanol–water partition coefficient (Wildman–Crippen LogP) is 4.44. The first-order valence-corrected chi connectivity index (χ1v) is 8.15. The highest BCUT2D eigenvalue weighted by atomic mass is 16.5. The first kappa shape index (κ1) is 14.6. The molecule has 112 valence electrons. The van der Waals surface area contributed by atoms with Gasteiger partial charge in [-0.1, -0.05) is 55.7 Å². The monoisotopic (exact) mass is 283 g/mol. The fraction of sp³-hybridized carbons (Fsp3) is 0.474. The van der Waals surface area contributed by atoms with Gasteiger partial charge in [0.25, 0.3) is 0 Å². The minimum Gasteiger partial charge on any atom is -0.379 e. The highest BCUT2D eigenvalue weighted by molar-refractivity contribution is 5.83. The zero-order valence-corrected chi connectivity index (χ0v) is 12.6. The summed E-state index contributed by atoms with van der Waals surface area (Å²) in [5.74, 6) is 0.752. The third-order valence-electron chi connectivity index (χ3n) is 4.58. The lowest BCUT2D eigenvalue weighted by Gasteiger charge is -2.22. The summed E-state index contributed by atoms with van der Waals surface area (Å²) < 4.78 is 5.88. The molecule has 21 heavy (non-hydrogen) atoms. The molecule has 0 bridgehead atoms. The molecule has 0 heterocycles. The number of benzene rings is 2. The van der Waals surface area contributed by atoms with E-state index in [2.05, 4.69) is 42.5 Å². The molecule has 2 N–H and O–H groups in total. The Kier molecular flexibility index (Phi) is 4.89. The fourth-order valence-electron chi connectivity index (χ4n) is 3.25. The third kappa shape index (κ3) is 3.84. The molecule has 0 saturated heterocycles. The molecule has 1 atom stereocenters. The Morgan fingerprint density at radius 3 is 2.57 bits per heavy atom. The van der Waals surface area contributed by atoms with Crippen molar-refractivity contribution in [3.63, 3.8) is 0 Å². The Hall–Kier alpha value is -1.38. The summed E-state index contributed by atoms with van der Waals surface area (Å²) in [6.45, 7) is 1.50. The molecular weight excluding hydrogens is 258 g/mol. The summed E-state index contributed by atoms with van der Waals surface area (Å²) in [5.41, 5.74) is 7.44. The molecule has 1 unspecified atom stereocenters. The van der Waals surface area contributed by atoms with Gasteiger partial charge in [0.05, 0.1) is 12.6 Å². The van der Waals surface area contributed by atoms with Gasteiger partial charge in [-0.2, -0.15) is 0 Å². The Balaban J connectivity index is 1.54. The second kappa shape index (κ2) is 7.06. The van der Waals surface area contributed by atoms with Crippen molar-refractivity contribution in [1.82, 2.24) is 0 Å². The SMILES string of the molecule is NC(COCC1CCCCC1)c1ccc2ccccc2c1. The number of fused-ring (bicyclic) bond motifs is 1. The molecule has 2 aromatic rings. The third-order valence-corrected chi connectivity index (χ3v) is 4.58. The van der Waals surface area contributed by atoms with Crippen LogP contribution in [0.5, 0.6) is 0 Å². The van der Waals surface area contributed by atoms with E-state index < -0.39 is 0 Å². The lowest BCUT2D eigenvalue weighted by molar-refractivity contribution is 0.0759. The number of nitrogens with two attached hydrogens (primary N) is 1. The standard InChI is InChI=1S/C19H25NO/c20-19(14-21-13-15-6-2-1-3-7-15)18-11-10-16-8-4-5-9-17(16)12-18/h4-5,8-12,15,19H,1-3,6-7,13-14,20H2. The van der Waals surface area contributed by atoms with Gasteiger partial charge in [-0.05, 0) is 41.2 Å². The summed E-state index contributed by atoms with van der Waals surface area (Å²) in [4.78, 5) is 0.